The Morgan fingerprint density at radius 1 is 1.40 bits per heavy atom. The van der Waals surface area contributed by atoms with E-state index in [9.17, 15) is 4.79 Å². The highest BCUT2D eigenvalue weighted by molar-refractivity contribution is 5.76. The zero-order valence-electron chi connectivity index (χ0n) is 9.58. The minimum absolute atomic E-state index is 0.365. The smallest absolute Gasteiger partial charge is 0.310 e. The van der Waals surface area contributed by atoms with Crippen molar-refractivity contribution in [2.24, 2.45) is 0 Å². The van der Waals surface area contributed by atoms with Crippen molar-refractivity contribution in [3.8, 4) is 0 Å². The first-order valence-electron chi connectivity index (χ1n) is 5.42. The zero-order chi connectivity index (χ0) is 11.4. The van der Waals surface area contributed by atoms with Crippen LogP contribution in [0.15, 0.2) is 18.2 Å². The van der Waals surface area contributed by atoms with Crippen molar-refractivity contribution >= 4 is 5.97 Å². The average Bonchev–Trinajstić information content (AvgIpc) is 2.20. The Morgan fingerprint density at radius 2 is 2.07 bits per heavy atom. The van der Waals surface area contributed by atoms with Crippen LogP contribution in [0, 0.1) is 6.92 Å². The van der Waals surface area contributed by atoms with Crippen molar-refractivity contribution in [3.63, 3.8) is 0 Å². The summed E-state index contributed by atoms with van der Waals surface area (Å²) in [6.07, 6.45) is 1.63. The molecule has 82 valence electrons. The molecular weight excluding hydrogens is 188 g/mol. The first-order valence-corrected chi connectivity index (χ1v) is 5.42. The maximum Gasteiger partial charge on any atom is 0.310 e. The van der Waals surface area contributed by atoms with Gasteiger partial charge in [0.05, 0.1) is 5.92 Å². The summed E-state index contributed by atoms with van der Waals surface area (Å²) in [6, 6.07) is 6.06. The summed E-state index contributed by atoms with van der Waals surface area (Å²) in [5.74, 6) is -1.10. The van der Waals surface area contributed by atoms with Gasteiger partial charge < -0.3 is 5.11 Å². The Balaban J connectivity index is 3.08. The van der Waals surface area contributed by atoms with Crippen molar-refractivity contribution in [2.75, 3.05) is 0 Å². The fourth-order valence-electron chi connectivity index (χ4n) is 1.88. The number of carboxylic acid groups (broad SMARTS) is 1. The van der Waals surface area contributed by atoms with Crippen LogP contribution in [0.5, 0.6) is 0 Å². The van der Waals surface area contributed by atoms with Crippen molar-refractivity contribution in [1.29, 1.82) is 0 Å². The predicted molar refractivity (Wildman–Crippen MR) is 61.2 cm³/mol. The van der Waals surface area contributed by atoms with Gasteiger partial charge in [0.1, 0.15) is 0 Å². The van der Waals surface area contributed by atoms with E-state index in [0.717, 1.165) is 17.5 Å². The van der Waals surface area contributed by atoms with Gasteiger partial charge in [0, 0.05) is 0 Å². The van der Waals surface area contributed by atoms with Crippen LogP contribution in [0.25, 0.3) is 0 Å². The Kier molecular flexibility index (Phi) is 3.89. The molecule has 0 saturated heterocycles. The fourth-order valence-corrected chi connectivity index (χ4v) is 1.88. The minimum atomic E-state index is -0.732. The summed E-state index contributed by atoms with van der Waals surface area (Å²) in [6.45, 7) is 6.00. The third kappa shape index (κ3) is 2.58. The van der Waals surface area contributed by atoms with E-state index in [1.807, 2.05) is 26.0 Å². The maximum absolute atomic E-state index is 11.0. The average molecular weight is 206 g/mol. The molecular formula is C13H18O2. The highest BCUT2D eigenvalue weighted by Crippen LogP contribution is 2.24. The van der Waals surface area contributed by atoms with Crippen LogP contribution in [0.2, 0.25) is 0 Å². The van der Waals surface area contributed by atoms with E-state index >= 15 is 0 Å². The summed E-state index contributed by atoms with van der Waals surface area (Å²) >= 11 is 0. The molecule has 0 radical (unpaired) electrons. The van der Waals surface area contributed by atoms with Crippen molar-refractivity contribution in [3.05, 3.63) is 34.9 Å². The summed E-state index contributed by atoms with van der Waals surface area (Å²) in [5, 5.41) is 9.08. The lowest BCUT2D eigenvalue weighted by Gasteiger charge is -2.14. The number of hydrogen-bond donors (Lipinski definition) is 1. The topological polar surface area (TPSA) is 37.3 Å². The van der Waals surface area contributed by atoms with Gasteiger partial charge in [0.2, 0.25) is 0 Å². The number of carbonyl (C=O) groups is 1. The normalized spacial score (nSPS) is 12.5. The van der Waals surface area contributed by atoms with E-state index < -0.39 is 5.97 Å². The van der Waals surface area contributed by atoms with Gasteiger partial charge in [-0.15, -0.1) is 0 Å². The van der Waals surface area contributed by atoms with Gasteiger partial charge >= 0.3 is 5.97 Å². The van der Waals surface area contributed by atoms with E-state index in [4.69, 9.17) is 5.11 Å². The largest absolute Gasteiger partial charge is 0.481 e. The minimum Gasteiger partial charge on any atom is -0.481 e. The van der Waals surface area contributed by atoms with Crippen LogP contribution in [0.1, 0.15) is 42.9 Å². The molecule has 15 heavy (non-hydrogen) atoms. The molecule has 1 unspecified atom stereocenters. The van der Waals surface area contributed by atoms with Gasteiger partial charge in [-0.2, -0.15) is 0 Å². The second kappa shape index (κ2) is 4.96. The lowest BCUT2D eigenvalue weighted by Crippen LogP contribution is -2.11. The highest BCUT2D eigenvalue weighted by Gasteiger charge is 2.19. The van der Waals surface area contributed by atoms with Crippen LogP contribution in [0.3, 0.4) is 0 Å². The first kappa shape index (κ1) is 11.8. The molecule has 0 aliphatic carbocycles. The maximum atomic E-state index is 11.0. The molecule has 1 aromatic rings. The first-order chi connectivity index (χ1) is 7.10. The van der Waals surface area contributed by atoms with Crippen molar-refractivity contribution in [2.45, 2.75) is 39.5 Å². The van der Waals surface area contributed by atoms with Gasteiger partial charge in [-0.25, -0.2) is 0 Å². The Hall–Kier alpha value is -1.31. The van der Waals surface area contributed by atoms with Gasteiger partial charge in [0.25, 0.3) is 0 Å². The standard InChI is InChI=1S/C13H18O2/c1-4-10-6-7-12(9(3)8-10)11(5-2)13(14)15/h6-8,11H,4-5H2,1-3H3,(H,14,15). The van der Waals surface area contributed by atoms with Gasteiger partial charge in [-0.1, -0.05) is 32.0 Å². The number of aryl methyl sites for hydroxylation is 2. The lowest BCUT2D eigenvalue weighted by molar-refractivity contribution is -0.138. The van der Waals surface area contributed by atoms with Crippen LogP contribution in [-0.2, 0) is 11.2 Å². The molecule has 0 aliphatic heterocycles. The molecule has 2 heteroatoms. The Morgan fingerprint density at radius 3 is 2.47 bits per heavy atom. The van der Waals surface area contributed by atoms with Crippen LogP contribution >= 0.6 is 0 Å². The van der Waals surface area contributed by atoms with E-state index in [2.05, 4.69) is 13.0 Å². The predicted octanol–water partition coefficient (Wildman–Crippen LogP) is 3.14. The Labute approximate surface area is 90.9 Å². The molecule has 0 heterocycles. The molecule has 2 nitrogen and oxygen atoms in total. The van der Waals surface area contributed by atoms with Crippen LogP contribution < -0.4 is 0 Å². The molecule has 1 aromatic carbocycles. The van der Waals surface area contributed by atoms with Gasteiger partial charge in [-0.3, -0.25) is 4.79 Å². The van der Waals surface area contributed by atoms with Crippen LogP contribution in [-0.4, -0.2) is 11.1 Å². The molecule has 0 aliphatic rings. The molecule has 1 rings (SSSR count). The lowest BCUT2D eigenvalue weighted by atomic mass is 9.91. The molecule has 0 fully saturated rings. The monoisotopic (exact) mass is 206 g/mol. The van der Waals surface area contributed by atoms with Crippen molar-refractivity contribution in [1.82, 2.24) is 0 Å². The molecule has 1 N–H and O–H groups in total. The molecule has 0 spiro atoms. The third-order valence-corrected chi connectivity index (χ3v) is 2.82. The van der Waals surface area contributed by atoms with E-state index in [-0.39, 0.29) is 5.92 Å². The number of benzene rings is 1. The van der Waals surface area contributed by atoms with Gasteiger partial charge in [-0.05, 0) is 36.5 Å². The van der Waals surface area contributed by atoms with Gasteiger partial charge in [0.15, 0.2) is 0 Å². The van der Waals surface area contributed by atoms with E-state index in [1.54, 1.807) is 0 Å². The summed E-state index contributed by atoms with van der Waals surface area (Å²) in [5.41, 5.74) is 3.29. The summed E-state index contributed by atoms with van der Waals surface area (Å²) in [4.78, 5) is 11.0. The molecule has 1 atom stereocenters. The van der Waals surface area contributed by atoms with Crippen molar-refractivity contribution < 1.29 is 9.90 Å². The fraction of sp³-hybridized carbons (Fsp3) is 0.462. The second-order valence-corrected chi connectivity index (χ2v) is 3.84. The summed E-state index contributed by atoms with van der Waals surface area (Å²) < 4.78 is 0. The molecule has 0 aromatic heterocycles. The number of aliphatic carboxylic acids is 1. The molecule has 0 bridgehead atoms. The number of rotatable bonds is 4. The number of hydrogen-bond acceptors (Lipinski definition) is 1. The van der Waals surface area contributed by atoms with E-state index in [0.29, 0.717) is 6.42 Å². The quantitative estimate of drug-likeness (QED) is 0.821. The second-order valence-electron chi connectivity index (χ2n) is 3.84. The zero-order valence-corrected chi connectivity index (χ0v) is 9.58. The molecule has 0 amide bonds. The molecule has 0 saturated carbocycles. The van der Waals surface area contributed by atoms with Crippen LogP contribution in [0.4, 0.5) is 0 Å². The number of carboxylic acids is 1. The Bertz CT molecular complexity index is 356. The van der Waals surface area contributed by atoms with E-state index in [1.165, 1.54) is 5.56 Å². The highest BCUT2D eigenvalue weighted by atomic mass is 16.4. The third-order valence-electron chi connectivity index (χ3n) is 2.82. The summed E-state index contributed by atoms with van der Waals surface area (Å²) in [7, 11) is 0. The SMILES string of the molecule is CCc1ccc(C(CC)C(=O)O)c(C)c1.